The van der Waals surface area contributed by atoms with Gasteiger partial charge in [-0.3, -0.25) is 0 Å². The Kier molecular flexibility index (Phi) is 91.7. The van der Waals surface area contributed by atoms with Gasteiger partial charge < -0.3 is 76.8 Å². The van der Waals surface area contributed by atoms with Crippen molar-refractivity contribution in [2.75, 3.05) is 0 Å². The van der Waals surface area contributed by atoms with Crippen LogP contribution >= 0.6 is 0 Å². The normalized spacial score (nSPS) is 10.7. The van der Waals surface area contributed by atoms with E-state index in [9.17, 15) is 15.8 Å². The Morgan fingerprint density at radius 3 is 0.714 bits per heavy atom. The van der Waals surface area contributed by atoms with E-state index in [4.69, 9.17) is 0 Å². The molecule has 12 N–H and O–H groups in total. The van der Waals surface area contributed by atoms with Gasteiger partial charge in [-0.2, -0.15) is 0 Å². The van der Waals surface area contributed by atoms with Gasteiger partial charge in [0, 0.05) is 0 Å². The molecule has 1 heterocycles. The monoisotopic (exact) mass is 354 g/mol. The molecule has 1 saturated heterocycles. The average molecular weight is 353 g/mol. The van der Waals surface area contributed by atoms with Crippen molar-refractivity contribution in [1.29, 1.82) is 0 Å². The second-order valence-electron chi connectivity index (χ2n) is 1.56. The standard InChI is InChI=1S/B3H3O9.3Na.6H2O/c4-10-1-7-2(11-5)9-3(8-1)12-6;;;;;;;;;/h4-6H;;;;6*1H2/q;3*+1;;;;;;/p-3. The zero-order chi connectivity index (χ0) is 8.97. The van der Waals surface area contributed by atoms with Gasteiger partial charge in [0.25, 0.3) is 0 Å². The van der Waals surface area contributed by atoms with Gasteiger partial charge in [-0.25, -0.2) is 0 Å². The minimum atomic E-state index is -1.78. The van der Waals surface area contributed by atoms with Crippen LogP contribution in [0.15, 0.2) is 0 Å². The van der Waals surface area contributed by atoms with Crippen molar-refractivity contribution >= 4 is 22.0 Å². The molecule has 0 aromatic rings. The molecule has 0 atom stereocenters. The molecular weight excluding hydrogens is 341 g/mol. The van der Waals surface area contributed by atoms with Crippen molar-refractivity contribution in [3.05, 3.63) is 0 Å². The van der Waals surface area contributed by atoms with Crippen LogP contribution in [-0.2, 0) is 28.1 Å². The Morgan fingerprint density at radius 1 is 0.476 bits per heavy atom. The molecule has 0 aromatic heterocycles. The van der Waals surface area contributed by atoms with Gasteiger partial charge in [-0.1, -0.05) is 0 Å². The molecule has 15 nitrogen and oxygen atoms in total. The molecule has 21 heavy (non-hydrogen) atoms. The molecule has 0 unspecified atom stereocenters. The van der Waals surface area contributed by atoms with Crippen molar-refractivity contribution in [3.8, 4) is 0 Å². The number of hydrogen-bond acceptors (Lipinski definition) is 9. The molecule has 1 fully saturated rings. The van der Waals surface area contributed by atoms with Crippen LogP contribution in [0.25, 0.3) is 0 Å². The Bertz CT molecular complexity index is 112. The van der Waals surface area contributed by atoms with Crippen LogP contribution in [0.4, 0.5) is 0 Å². The SMILES string of the molecule is O.O.O.O.O.O.[Na+].[Na+].[Na+].[O-]OB1OB(O[O-])OB(O[O-])O1. The van der Waals surface area contributed by atoms with Crippen LogP contribution < -0.4 is 104 Å². The Labute approximate surface area is 185 Å². The summed E-state index contributed by atoms with van der Waals surface area (Å²) in [5.41, 5.74) is 0. The first kappa shape index (κ1) is 56.6. The Morgan fingerprint density at radius 2 is 0.619 bits per heavy atom. The average Bonchev–Trinajstić information content (AvgIpc) is 2.16. The van der Waals surface area contributed by atoms with E-state index < -0.39 is 22.0 Å². The molecule has 0 bridgehead atoms. The molecule has 114 valence electrons. The van der Waals surface area contributed by atoms with E-state index in [0.717, 1.165) is 0 Å². The molecule has 0 amide bonds. The summed E-state index contributed by atoms with van der Waals surface area (Å²) in [5, 5.41) is 29.1. The first-order valence-electron chi connectivity index (χ1n) is 2.62. The van der Waals surface area contributed by atoms with Gasteiger partial charge in [0.1, 0.15) is 0 Å². The third kappa shape index (κ3) is 22.6. The summed E-state index contributed by atoms with van der Waals surface area (Å²) in [4.78, 5) is 9.73. The third-order valence-electron chi connectivity index (χ3n) is 0.902. The molecule has 0 spiro atoms. The van der Waals surface area contributed by atoms with E-state index >= 15 is 0 Å². The Hall–Kier alpha value is 2.59. The number of rotatable bonds is 3. The number of hydrogen-bond donors (Lipinski definition) is 0. The first-order chi connectivity index (χ1) is 5.80. The van der Waals surface area contributed by atoms with E-state index in [1.807, 2.05) is 0 Å². The summed E-state index contributed by atoms with van der Waals surface area (Å²) < 4.78 is 12.6. The minimum Gasteiger partial charge on any atom is -0.737 e. The second kappa shape index (κ2) is 34.0. The predicted octanol–water partition coefficient (Wildman–Crippen LogP) is -19.1. The van der Waals surface area contributed by atoms with Crippen molar-refractivity contribution < 1.29 is 165 Å². The van der Waals surface area contributed by atoms with Crippen LogP contribution in [0.2, 0.25) is 0 Å². The topological polar surface area (TPSA) is 314 Å². The maximum atomic E-state index is 9.69. The molecule has 1 rings (SSSR count). The fourth-order valence-corrected chi connectivity index (χ4v) is 0.504. The molecule has 1 aliphatic heterocycles. The van der Waals surface area contributed by atoms with Crippen LogP contribution in [0.3, 0.4) is 0 Å². The van der Waals surface area contributed by atoms with Crippen LogP contribution in [0.1, 0.15) is 0 Å². The van der Waals surface area contributed by atoms with E-state index in [1.165, 1.54) is 0 Å². The van der Waals surface area contributed by atoms with E-state index in [0.29, 0.717) is 0 Å². The molecule has 0 aromatic carbocycles. The largest absolute Gasteiger partial charge is 1.00 e. The zero-order valence-electron chi connectivity index (χ0n) is 11.4. The summed E-state index contributed by atoms with van der Waals surface area (Å²) in [5.74, 6) is 0. The maximum absolute atomic E-state index is 9.69. The molecule has 0 aliphatic carbocycles. The van der Waals surface area contributed by atoms with E-state index in [-0.39, 0.29) is 122 Å². The zero-order valence-corrected chi connectivity index (χ0v) is 17.4. The van der Waals surface area contributed by atoms with Gasteiger partial charge in [0.2, 0.25) is 0 Å². The van der Waals surface area contributed by atoms with E-state index in [2.05, 4.69) is 28.1 Å². The second-order valence-corrected chi connectivity index (χ2v) is 1.56. The van der Waals surface area contributed by atoms with Gasteiger partial charge in [-0.15, -0.1) is 0 Å². The summed E-state index contributed by atoms with van der Waals surface area (Å²) in [6, 6.07) is 0. The van der Waals surface area contributed by atoms with Crippen molar-refractivity contribution in [3.63, 3.8) is 0 Å². The molecule has 0 saturated carbocycles. The van der Waals surface area contributed by atoms with E-state index in [1.54, 1.807) is 0 Å². The van der Waals surface area contributed by atoms with Crippen LogP contribution in [0.5, 0.6) is 0 Å². The Balaban J connectivity index is -0.0000000229. The summed E-state index contributed by atoms with van der Waals surface area (Å²) in [6.45, 7) is 0. The minimum absolute atomic E-state index is 0. The molecular formula is H12B3Na3O15. The molecule has 21 heteroatoms. The van der Waals surface area contributed by atoms with Gasteiger partial charge >= 0.3 is 111 Å². The van der Waals surface area contributed by atoms with Crippen LogP contribution in [0, 0.1) is 0 Å². The summed E-state index contributed by atoms with van der Waals surface area (Å²) in [6.07, 6.45) is 0. The fourth-order valence-electron chi connectivity index (χ4n) is 0.504. The van der Waals surface area contributed by atoms with Gasteiger partial charge in [0.05, 0.1) is 0 Å². The summed E-state index contributed by atoms with van der Waals surface area (Å²) >= 11 is 0. The maximum Gasteiger partial charge on any atom is 1.00 e. The predicted molar refractivity (Wildman–Crippen MR) is 45.5 cm³/mol. The van der Waals surface area contributed by atoms with Gasteiger partial charge in [-0.05, 0) is 0 Å². The van der Waals surface area contributed by atoms with Crippen molar-refractivity contribution in [2.45, 2.75) is 0 Å². The molecule has 0 radical (unpaired) electrons. The van der Waals surface area contributed by atoms with Crippen LogP contribution in [-0.4, -0.2) is 54.8 Å². The fraction of sp³-hybridized carbons (Fsp3) is 0. The smallest absolute Gasteiger partial charge is 0.737 e. The van der Waals surface area contributed by atoms with Crippen molar-refractivity contribution in [1.82, 2.24) is 0 Å². The third-order valence-corrected chi connectivity index (χ3v) is 0.902. The summed E-state index contributed by atoms with van der Waals surface area (Å²) in [7, 11) is -5.34. The first-order valence-corrected chi connectivity index (χ1v) is 2.62. The van der Waals surface area contributed by atoms with Crippen molar-refractivity contribution in [2.24, 2.45) is 0 Å². The van der Waals surface area contributed by atoms with Gasteiger partial charge in [0.15, 0.2) is 0 Å². The molecule has 1 aliphatic rings. The quantitative estimate of drug-likeness (QED) is 0.263.